The highest BCUT2D eigenvalue weighted by Gasteiger charge is 2.32. The predicted octanol–water partition coefficient (Wildman–Crippen LogP) is 4.16. The van der Waals surface area contributed by atoms with E-state index in [4.69, 9.17) is 9.15 Å². The van der Waals surface area contributed by atoms with Gasteiger partial charge in [-0.25, -0.2) is 14.4 Å². The molecule has 116 valence electrons. The van der Waals surface area contributed by atoms with Crippen LogP contribution in [0.25, 0.3) is 22.4 Å². The van der Waals surface area contributed by atoms with E-state index in [9.17, 15) is 5.26 Å². The van der Waals surface area contributed by atoms with E-state index in [0.717, 1.165) is 12.8 Å². The zero-order valence-electron chi connectivity index (χ0n) is 12.5. The normalized spacial score (nSPS) is 14.2. The lowest BCUT2D eigenvalue weighted by molar-refractivity contribution is 0.412. The molecule has 0 spiro atoms. The molecule has 0 unspecified atom stereocenters. The summed E-state index contributed by atoms with van der Waals surface area (Å²) in [6.45, 7) is 1.70. The van der Waals surface area contributed by atoms with Crippen LogP contribution in [0, 0.1) is 24.1 Å². The maximum absolute atomic E-state index is 15.0. The molecular formula is C16H12FN3O2S. The summed E-state index contributed by atoms with van der Waals surface area (Å²) in [7, 11) is 1.51. The van der Waals surface area contributed by atoms with Crippen LogP contribution in [-0.2, 0) is 0 Å². The molecule has 5 nitrogen and oxygen atoms in total. The Morgan fingerprint density at radius 1 is 1.43 bits per heavy atom. The molecule has 4 rings (SSSR count). The Labute approximate surface area is 135 Å². The first-order valence-electron chi connectivity index (χ1n) is 7.16. The number of methoxy groups -OCH3 is 1. The van der Waals surface area contributed by atoms with Crippen molar-refractivity contribution in [2.75, 3.05) is 7.11 Å². The zero-order chi connectivity index (χ0) is 16.1. The molecule has 0 atom stereocenters. The minimum absolute atomic E-state index is 0.0380. The van der Waals surface area contributed by atoms with Crippen LogP contribution in [0.3, 0.4) is 0 Å². The summed E-state index contributed by atoms with van der Waals surface area (Å²) in [6, 6.07) is 2.12. The maximum atomic E-state index is 15.0. The van der Waals surface area contributed by atoms with Crippen molar-refractivity contribution in [2.24, 2.45) is 0 Å². The van der Waals surface area contributed by atoms with Crippen molar-refractivity contribution in [3.05, 3.63) is 28.2 Å². The van der Waals surface area contributed by atoms with E-state index in [1.165, 1.54) is 18.4 Å². The summed E-state index contributed by atoms with van der Waals surface area (Å²) in [4.78, 5) is 8.59. The van der Waals surface area contributed by atoms with E-state index >= 15 is 4.39 Å². The number of rotatable bonds is 3. The van der Waals surface area contributed by atoms with Gasteiger partial charge in [-0.2, -0.15) is 5.26 Å². The molecule has 1 fully saturated rings. The molecule has 2 aromatic heterocycles. The quantitative estimate of drug-likeness (QED) is 0.721. The van der Waals surface area contributed by atoms with E-state index in [1.54, 1.807) is 12.3 Å². The number of ether oxygens (including phenoxy) is 1. The molecule has 0 amide bonds. The molecule has 23 heavy (non-hydrogen) atoms. The molecule has 0 bridgehead atoms. The molecule has 2 heterocycles. The van der Waals surface area contributed by atoms with Crippen LogP contribution in [0.15, 0.2) is 9.80 Å². The summed E-state index contributed by atoms with van der Waals surface area (Å²) in [5.74, 6) is 0.239. The number of oxazole rings is 1. The minimum atomic E-state index is -0.524. The van der Waals surface area contributed by atoms with Crippen LogP contribution in [0.5, 0.6) is 5.19 Å². The number of fused-ring (bicyclic) bond motifs is 1. The molecular weight excluding hydrogens is 317 g/mol. The van der Waals surface area contributed by atoms with E-state index in [2.05, 4.69) is 16.0 Å². The minimum Gasteiger partial charge on any atom is -0.473 e. The van der Waals surface area contributed by atoms with Crippen LogP contribution in [-0.4, -0.2) is 17.1 Å². The Hall–Kier alpha value is -2.46. The number of thiazole rings is 1. The Morgan fingerprint density at radius 3 is 2.83 bits per heavy atom. The summed E-state index contributed by atoms with van der Waals surface area (Å²) >= 11 is 1.27. The van der Waals surface area contributed by atoms with Gasteiger partial charge in [0, 0.05) is 16.9 Å². The molecule has 3 aromatic rings. The summed E-state index contributed by atoms with van der Waals surface area (Å²) < 4.78 is 25.7. The van der Waals surface area contributed by atoms with Crippen molar-refractivity contribution in [3.8, 4) is 22.5 Å². The van der Waals surface area contributed by atoms with Gasteiger partial charge in [0.15, 0.2) is 17.3 Å². The lowest BCUT2D eigenvalue weighted by Gasteiger charge is -2.07. The average molecular weight is 329 g/mol. The molecule has 1 aromatic carbocycles. The molecule has 0 radical (unpaired) electrons. The van der Waals surface area contributed by atoms with Crippen LogP contribution in [0.2, 0.25) is 0 Å². The number of hydrogen-bond acceptors (Lipinski definition) is 6. The van der Waals surface area contributed by atoms with Crippen LogP contribution >= 0.6 is 11.3 Å². The molecule has 0 N–H and O–H groups in total. The molecule has 0 saturated heterocycles. The van der Waals surface area contributed by atoms with E-state index in [-0.39, 0.29) is 17.1 Å². The van der Waals surface area contributed by atoms with Crippen molar-refractivity contribution in [1.82, 2.24) is 9.97 Å². The summed E-state index contributed by atoms with van der Waals surface area (Å²) in [6.07, 6.45) is 1.98. The second kappa shape index (κ2) is 5.03. The van der Waals surface area contributed by atoms with Crippen LogP contribution in [0.1, 0.15) is 35.8 Å². The third-order valence-electron chi connectivity index (χ3n) is 4.00. The largest absolute Gasteiger partial charge is 0.473 e. The highest BCUT2D eigenvalue weighted by atomic mass is 32.1. The number of halogens is 1. The number of hydrogen-bond donors (Lipinski definition) is 0. The van der Waals surface area contributed by atoms with Gasteiger partial charge in [0.2, 0.25) is 0 Å². The second-order valence-electron chi connectivity index (χ2n) is 5.51. The number of nitriles is 1. The number of aromatic nitrogens is 2. The van der Waals surface area contributed by atoms with Crippen molar-refractivity contribution in [2.45, 2.75) is 25.7 Å². The average Bonchev–Trinajstić information content (AvgIpc) is 3.12. The van der Waals surface area contributed by atoms with Crippen molar-refractivity contribution >= 4 is 22.4 Å². The van der Waals surface area contributed by atoms with E-state index < -0.39 is 5.82 Å². The van der Waals surface area contributed by atoms with Gasteiger partial charge in [-0.15, -0.1) is 0 Å². The van der Waals surface area contributed by atoms with Gasteiger partial charge in [-0.05, 0) is 25.3 Å². The number of benzene rings is 1. The first-order valence-corrected chi connectivity index (χ1v) is 8.04. The lowest BCUT2D eigenvalue weighted by atomic mass is 9.99. The Bertz CT molecular complexity index is 966. The topological polar surface area (TPSA) is 71.9 Å². The molecule has 1 aliphatic carbocycles. The monoisotopic (exact) mass is 329 g/mol. The maximum Gasteiger partial charge on any atom is 0.273 e. The highest BCUT2D eigenvalue weighted by Crippen LogP contribution is 2.43. The van der Waals surface area contributed by atoms with Gasteiger partial charge in [-0.1, -0.05) is 11.3 Å². The number of nitrogens with zero attached hydrogens (tertiary/aromatic N) is 3. The van der Waals surface area contributed by atoms with Crippen molar-refractivity contribution < 1.29 is 13.5 Å². The van der Waals surface area contributed by atoms with Crippen LogP contribution < -0.4 is 4.74 Å². The van der Waals surface area contributed by atoms with Crippen LogP contribution in [0.4, 0.5) is 4.39 Å². The summed E-state index contributed by atoms with van der Waals surface area (Å²) in [5, 5.41) is 11.6. The third kappa shape index (κ3) is 2.10. The van der Waals surface area contributed by atoms with Crippen molar-refractivity contribution in [3.63, 3.8) is 0 Å². The zero-order valence-corrected chi connectivity index (χ0v) is 13.3. The van der Waals surface area contributed by atoms with Gasteiger partial charge >= 0.3 is 0 Å². The molecule has 1 saturated carbocycles. The SMILES string of the molecule is COc1nc(-c2c(C)c(C#N)c3nc(C4CC4)oc3c2F)cs1. The fraction of sp³-hybridized carbons (Fsp3) is 0.312. The predicted molar refractivity (Wildman–Crippen MR) is 83.1 cm³/mol. The molecule has 7 heteroatoms. The first-order chi connectivity index (χ1) is 11.1. The Balaban J connectivity index is 2.02. The molecule has 1 aliphatic rings. The standard InChI is InChI=1S/C16H12FN3O2S/c1-7-9(5-18)13-14(22-15(20-13)8-3-4-8)12(17)11(7)10-6-23-16(19-10)21-2/h6,8H,3-4H2,1-2H3. The third-order valence-corrected chi connectivity index (χ3v) is 4.80. The highest BCUT2D eigenvalue weighted by molar-refractivity contribution is 7.11. The van der Waals surface area contributed by atoms with Crippen molar-refractivity contribution in [1.29, 1.82) is 5.26 Å². The van der Waals surface area contributed by atoms with Gasteiger partial charge in [-0.3, -0.25) is 0 Å². The first kappa shape index (κ1) is 14.2. The van der Waals surface area contributed by atoms with E-state index in [0.29, 0.717) is 33.4 Å². The van der Waals surface area contributed by atoms with Gasteiger partial charge < -0.3 is 9.15 Å². The smallest absolute Gasteiger partial charge is 0.273 e. The van der Waals surface area contributed by atoms with Gasteiger partial charge in [0.1, 0.15) is 11.6 Å². The second-order valence-corrected chi connectivity index (χ2v) is 6.33. The van der Waals surface area contributed by atoms with Gasteiger partial charge in [0.25, 0.3) is 5.19 Å². The summed E-state index contributed by atoms with van der Waals surface area (Å²) in [5.41, 5.74) is 1.89. The van der Waals surface area contributed by atoms with E-state index in [1.807, 2.05) is 0 Å². The Kier molecular flexibility index (Phi) is 3.10. The lowest BCUT2D eigenvalue weighted by Crippen LogP contribution is -1.96. The fourth-order valence-corrected chi connectivity index (χ4v) is 3.28. The van der Waals surface area contributed by atoms with Gasteiger partial charge in [0.05, 0.1) is 18.4 Å². The fourth-order valence-electron chi connectivity index (χ4n) is 2.65. The Morgan fingerprint density at radius 2 is 2.22 bits per heavy atom. The molecule has 0 aliphatic heterocycles.